The molecule has 0 aliphatic rings. The topological polar surface area (TPSA) is 17.1 Å². The van der Waals surface area contributed by atoms with Crippen LogP contribution in [0.15, 0.2) is 54.6 Å². The molecular weight excluding hydrogens is 251 g/mol. The Balaban J connectivity index is 2.30. The molecule has 3 rings (SSSR count). The lowest BCUT2D eigenvalue weighted by molar-refractivity contribution is 0.112. The quantitative estimate of drug-likeness (QED) is 0.609. The molecular formula is C18H13FO. The van der Waals surface area contributed by atoms with E-state index in [1.54, 1.807) is 12.1 Å². The molecule has 2 heteroatoms. The number of carbonyl (C=O) groups is 1. The number of hydrogen-bond donors (Lipinski definition) is 0. The highest BCUT2D eigenvalue weighted by Gasteiger charge is 2.10. The van der Waals surface area contributed by atoms with E-state index in [0.29, 0.717) is 17.4 Å². The van der Waals surface area contributed by atoms with Gasteiger partial charge in [0.1, 0.15) is 12.1 Å². The lowest BCUT2D eigenvalue weighted by Crippen LogP contribution is -1.90. The third-order valence-electron chi connectivity index (χ3n) is 3.56. The van der Waals surface area contributed by atoms with Crippen molar-refractivity contribution in [2.45, 2.75) is 6.92 Å². The standard InChI is InChI=1S/C18H13FO/c1-12-6-8-16(15-5-3-2-4-14(12)15)17-9-7-13(11-20)10-18(17)19/h2-11H,1H3. The van der Waals surface area contributed by atoms with E-state index in [-0.39, 0.29) is 5.82 Å². The SMILES string of the molecule is Cc1ccc(-c2ccc(C=O)cc2F)c2ccccc12. The second-order valence-electron chi connectivity index (χ2n) is 4.83. The minimum atomic E-state index is -0.372. The number of halogens is 1. The van der Waals surface area contributed by atoms with Crippen molar-refractivity contribution in [1.29, 1.82) is 0 Å². The number of benzene rings is 3. The molecule has 0 saturated heterocycles. The van der Waals surface area contributed by atoms with Crippen molar-refractivity contribution >= 4 is 17.1 Å². The largest absolute Gasteiger partial charge is 0.298 e. The Labute approximate surface area is 116 Å². The van der Waals surface area contributed by atoms with Crippen molar-refractivity contribution in [3.63, 3.8) is 0 Å². The molecule has 0 amide bonds. The van der Waals surface area contributed by atoms with E-state index >= 15 is 0 Å². The van der Waals surface area contributed by atoms with E-state index in [4.69, 9.17) is 0 Å². The van der Waals surface area contributed by atoms with Gasteiger partial charge in [-0.2, -0.15) is 0 Å². The first-order valence-corrected chi connectivity index (χ1v) is 6.44. The van der Waals surface area contributed by atoms with Gasteiger partial charge in [-0.25, -0.2) is 4.39 Å². The maximum atomic E-state index is 14.2. The summed E-state index contributed by atoms with van der Waals surface area (Å²) in [5.41, 5.74) is 2.88. The molecule has 0 saturated carbocycles. The van der Waals surface area contributed by atoms with Gasteiger partial charge in [0.25, 0.3) is 0 Å². The highest BCUT2D eigenvalue weighted by molar-refractivity contribution is 5.98. The van der Waals surface area contributed by atoms with Crippen LogP contribution in [-0.4, -0.2) is 6.29 Å². The summed E-state index contributed by atoms with van der Waals surface area (Å²) in [6.07, 6.45) is 0.653. The Morgan fingerprint density at radius 1 is 0.900 bits per heavy atom. The van der Waals surface area contributed by atoms with Crippen LogP contribution in [0.2, 0.25) is 0 Å². The van der Waals surface area contributed by atoms with Gasteiger partial charge in [0.2, 0.25) is 0 Å². The summed E-state index contributed by atoms with van der Waals surface area (Å²) >= 11 is 0. The molecule has 1 nitrogen and oxygen atoms in total. The van der Waals surface area contributed by atoms with Crippen molar-refractivity contribution in [3.8, 4) is 11.1 Å². The second kappa shape index (κ2) is 4.89. The van der Waals surface area contributed by atoms with Crippen LogP contribution in [0.5, 0.6) is 0 Å². The van der Waals surface area contributed by atoms with E-state index in [2.05, 4.69) is 0 Å². The predicted molar refractivity (Wildman–Crippen MR) is 79.5 cm³/mol. The number of fused-ring (bicyclic) bond motifs is 1. The molecule has 0 atom stereocenters. The number of aryl methyl sites for hydroxylation is 1. The van der Waals surface area contributed by atoms with Gasteiger partial charge in [0.05, 0.1) is 0 Å². The van der Waals surface area contributed by atoms with E-state index in [1.165, 1.54) is 6.07 Å². The smallest absolute Gasteiger partial charge is 0.150 e. The number of aldehydes is 1. The van der Waals surface area contributed by atoms with Crippen molar-refractivity contribution in [2.24, 2.45) is 0 Å². The summed E-state index contributed by atoms with van der Waals surface area (Å²) < 4.78 is 14.2. The Morgan fingerprint density at radius 2 is 1.60 bits per heavy atom. The average Bonchev–Trinajstić information content (AvgIpc) is 2.48. The zero-order valence-corrected chi connectivity index (χ0v) is 11.1. The van der Waals surface area contributed by atoms with Crippen LogP contribution in [0.1, 0.15) is 15.9 Å². The van der Waals surface area contributed by atoms with Gasteiger partial charge in [-0.3, -0.25) is 4.79 Å². The highest BCUT2D eigenvalue weighted by atomic mass is 19.1. The first-order chi connectivity index (χ1) is 9.70. The summed E-state index contributed by atoms with van der Waals surface area (Å²) in [6, 6.07) is 16.4. The molecule has 0 aromatic heterocycles. The van der Waals surface area contributed by atoms with Crippen LogP contribution >= 0.6 is 0 Å². The zero-order valence-electron chi connectivity index (χ0n) is 11.1. The Bertz CT molecular complexity index is 806. The number of hydrogen-bond acceptors (Lipinski definition) is 1. The van der Waals surface area contributed by atoms with Crippen LogP contribution < -0.4 is 0 Å². The molecule has 3 aromatic rings. The molecule has 0 aliphatic heterocycles. The summed E-state index contributed by atoms with van der Waals surface area (Å²) in [5, 5.41) is 2.13. The van der Waals surface area contributed by atoms with Gasteiger partial charge in [-0.05, 0) is 34.9 Å². The molecule has 20 heavy (non-hydrogen) atoms. The predicted octanol–water partition coefficient (Wildman–Crippen LogP) is 4.77. The molecule has 3 aromatic carbocycles. The summed E-state index contributed by atoms with van der Waals surface area (Å²) in [7, 11) is 0. The molecule has 98 valence electrons. The molecule has 0 aliphatic carbocycles. The van der Waals surface area contributed by atoms with Crippen molar-refractivity contribution in [3.05, 3.63) is 71.5 Å². The van der Waals surface area contributed by atoms with Gasteiger partial charge in [-0.15, -0.1) is 0 Å². The lowest BCUT2D eigenvalue weighted by atomic mass is 9.95. The maximum absolute atomic E-state index is 14.2. The second-order valence-corrected chi connectivity index (χ2v) is 4.83. The maximum Gasteiger partial charge on any atom is 0.150 e. The number of carbonyl (C=O) groups excluding carboxylic acids is 1. The highest BCUT2D eigenvalue weighted by Crippen LogP contribution is 2.32. The summed E-state index contributed by atoms with van der Waals surface area (Å²) in [6.45, 7) is 2.04. The molecule has 0 N–H and O–H groups in total. The number of rotatable bonds is 2. The van der Waals surface area contributed by atoms with Crippen LogP contribution in [-0.2, 0) is 0 Å². The first kappa shape index (κ1) is 12.5. The fourth-order valence-electron chi connectivity index (χ4n) is 2.51. The first-order valence-electron chi connectivity index (χ1n) is 6.44. The third-order valence-corrected chi connectivity index (χ3v) is 3.56. The minimum absolute atomic E-state index is 0.350. The van der Waals surface area contributed by atoms with E-state index < -0.39 is 0 Å². The van der Waals surface area contributed by atoms with Crippen molar-refractivity contribution < 1.29 is 9.18 Å². The Hall–Kier alpha value is -2.48. The average molecular weight is 264 g/mol. The molecule has 0 unspecified atom stereocenters. The molecule has 0 bridgehead atoms. The molecule has 0 heterocycles. The van der Waals surface area contributed by atoms with E-state index in [0.717, 1.165) is 21.9 Å². The Morgan fingerprint density at radius 3 is 2.30 bits per heavy atom. The fraction of sp³-hybridized carbons (Fsp3) is 0.0556. The van der Waals surface area contributed by atoms with Crippen LogP contribution in [0.4, 0.5) is 4.39 Å². The molecule has 0 fully saturated rings. The van der Waals surface area contributed by atoms with Gasteiger partial charge >= 0.3 is 0 Å². The lowest BCUT2D eigenvalue weighted by Gasteiger charge is -2.10. The van der Waals surface area contributed by atoms with E-state index in [1.807, 2.05) is 43.3 Å². The van der Waals surface area contributed by atoms with Crippen LogP contribution in [0.25, 0.3) is 21.9 Å². The molecule has 0 spiro atoms. The third kappa shape index (κ3) is 1.99. The fourth-order valence-corrected chi connectivity index (χ4v) is 2.51. The van der Waals surface area contributed by atoms with Crippen LogP contribution in [0, 0.1) is 12.7 Å². The monoisotopic (exact) mass is 264 g/mol. The van der Waals surface area contributed by atoms with Gasteiger partial charge in [0.15, 0.2) is 0 Å². The van der Waals surface area contributed by atoms with Gasteiger partial charge in [-0.1, -0.05) is 48.5 Å². The van der Waals surface area contributed by atoms with Crippen molar-refractivity contribution in [2.75, 3.05) is 0 Å². The molecule has 0 radical (unpaired) electrons. The summed E-state index contributed by atoms with van der Waals surface area (Å²) in [5.74, 6) is -0.372. The van der Waals surface area contributed by atoms with Gasteiger partial charge < -0.3 is 0 Å². The Kier molecular flexibility index (Phi) is 3.07. The zero-order chi connectivity index (χ0) is 14.1. The van der Waals surface area contributed by atoms with Gasteiger partial charge in [0, 0.05) is 11.1 Å². The van der Waals surface area contributed by atoms with Crippen molar-refractivity contribution in [1.82, 2.24) is 0 Å². The van der Waals surface area contributed by atoms with E-state index in [9.17, 15) is 9.18 Å². The normalized spacial score (nSPS) is 10.7. The minimum Gasteiger partial charge on any atom is -0.298 e. The summed E-state index contributed by atoms with van der Waals surface area (Å²) in [4.78, 5) is 10.7. The van der Waals surface area contributed by atoms with Crippen LogP contribution in [0.3, 0.4) is 0 Å².